The molecule has 3 rings (SSSR count). The van der Waals surface area contributed by atoms with Gasteiger partial charge in [-0.2, -0.15) is 5.10 Å². The molecule has 1 aliphatic rings. The Hall–Kier alpha value is -2.63. The van der Waals surface area contributed by atoms with Crippen LogP contribution in [0.5, 0.6) is 5.75 Å². The average Bonchev–Trinajstić information content (AvgIpc) is 2.83. The Labute approximate surface area is 166 Å². The van der Waals surface area contributed by atoms with Gasteiger partial charge in [0.05, 0.1) is 24.4 Å². The van der Waals surface area contributed by atoms with E-state index in [1.54, 1.807) is 14.0 Å². The molecule has 0 fully saturated rings. The third-order valence-electron chi connectivity index (χ3n) is 5.63. The van der Waals surface area contributed by atoms with E-state index in [9.17, 15) is 9.59 Å². The Balaban J connectivity index is 1.68. The van der Waals surface area contributed by atoms with E-state index in [0.29, 0.717) is 18.5 Å². The van der Waals surface area contributed by atoms with E-state index in [1.165, 1.54) is 11.1 Å². The van der Waals surface area contributed by atoms with E-state index in [4.69, 9.17) is 4.74 Å². The highest BCUT2D eigenvalue weighted by Crippen LogP contribution is 2.24. The molecule has 0 bridgehead atoms. The lowest BCUT2D eigenvalue weighted by Gasteiger charge is -2.23. The standard InChI is InChI=1S/C22H29N3O3/c1-14(25-16(3)22(17(4)26)15(2)23-25)12-21(27)24-10-8-18-6-7-20(28-5)13-19(18)9-11-24/h6-7,13-14H,8-12H2,1-5H3. The molecule has 0 spiro atoms. The second-order valence-electron chi connectivity index (χ2n) is 7.62. The molecular weight excluding hydrogens is 354 g/mol. The van der Waals surface area contributed by atoms with Crippen LogP contribution >= 0.6 is 0 Å². The molecule has 0 radical (unpaired) electrons. The van der Waals surface area contributed by atoms with Crippen molar-refractivity contribution in [2.24, 2.45) is 0 Å². The predicted octanol–water partition coefficient (Wildman–Crippen LogP) is 3.29. The summed E-state index contributed by atoms with van der Waals surface area (Å²) < 4.78 is 7.14. The number of ketones is 1. The minimum Gasteiger partial charge on any atom is -0.497 e. The largest absolute Gasteiger partial charge is 0.497 e. The number of carbonyl (C=O) groups excluding carboxylic acids is 2. The van der Waals surface area contributed by atoms with Crippen molar-refractivity contribution in [3.63, 3.8) is 0 Å². The molecule has 1 aromatic carbocycles. The van der Waals surface area contributed by atoms with Crippen LogP contribution in [0.3, 0.4) is 0 Å². The molecule has 2 heterocycles. The normalized spacial score (nSPS) is 15.0. The van der Waals surface area contributed by atoms with Gasteiger partial charge in [0.25, 0.3) is 0 Å². The second-order valence-corrected chi connectivity index (χ2v) is 7.62. The molecule has 28 heavy (non-hydrogen) atoms. The van der Waals surface area contributed by atoms with E-state index < -0.39 is 0 Å². The van der Waals surface area contributed by atoms with Gasteiger partial charge in [0.15, 0.2) is 5.78 Å². The van der Waals surface area contributed by atoms with Crippen molar-refractivity contribution in [1.82, 2.24) is 14.7 Å². The van der Waals surface area contributed by atoms with E-state index in [-0.39, 0.29) is 17.7 Å². The fourth-order valence-corrected chi connectivity index (χ4v) is 4.15. The lowest BCUT2D eigenvalue weighted by molar-refractivity contribution is -0.131. The third kappa shape index (κ3) is 3.96. The first kappa shape index (κ1) is 20.1. The summed E-state index contributed by atoms with van der Waals surface area (Å²) in [7, 11) is 1.67. The molecule has 1 amide bonds. The van der Waals surface area contributed by atoms with Crippen molar-refractivity contribution in [1.29, 1.82) is 0 Å². The van der Waals surface area contributed by atoms with Crippen molar-refractivity contribution >= 4 is 11.7 Å². The van der Waals surface area contributed by atoms with Gasteiger partial charge >= 0.3 is 0 Å². The minimum absolute atomic E-state index is 0.0143. The second kappa shape index (κ2) is 8.17. The summed E-state index contributed by atoms with van der Waals surface area (Å²) in [6.45, 7) is 8.71. The molecule has 0 saturated heterocycles. The van der Waals surface area contributed by atoms with Crippen LogP contribution in [0.25, 0.3) is 0 Å². The monoisotopic (exact) mass is 383 g/mol. The van der Waals surface area contributed by atoms with Crippen molar-refractivity contribution in [2.45, 2.75) is 53.0 Å². The number of carbonyl (C=O) groups is 2. The van der Waals surface area contributed by atoms with Crippen LogP contribution in [0.1, 0.15) is 59.2 Å². The average molecular weight is 383 g/mol. The number of aryl methyl sites for hydroxylation is 1. The minimum atomic E-state index is -0.0926. The van der Waals surface area contributed by atoms with Crippen molar-refractivity contribution < 1.29 is 14.3 Å². The zero-order chi connectivity index (χ0) is 20.4. The van der Waals surface area contributed by atoms with Gasteiger partial charge in [0.1, 0.15) is 5.75 Å². The van der Waals surface area contributed by atoms with Crippen LogP contribution in [0.15, 0.2) is 18.2 Å². The molecule has 0 N–H and O–H groups in total. The van der Waals surface area contributed by atoms with Gasteiger partial charge in [-0.15, -0.1) is 0 Å². The maximum atomic E-state index is 12.9. The highest BCUT2D eigenvalue weighted by molar-refractivity contribution is 5.96. The number of hydrogen-bond acceptors (Lipinski definition) is 4. The Kier molecular flexibility index (Phi) is 5.87. The Morgan fingerprint density at radius 2 is 1.86 bits per heavy atom. The molecule has 6 heteroatoms. The fraction of sp³-hybridized carbons (Fsp3) is 0.500. The number of Topliss-reactive ketones (excluding diaryl/α,β-unsaturated/α-hetero) is 1. The number of fused-ring (bicyclic) bond motifs is 1. The molecule has 1 aromatic heterocycles. The molecule has 0 saturated carbocycles. The molecule has 6 nitrogen and oxygen atoms in total. The van der Waals surface area contributed by atoms with Gasteiger partial charge in [0.2, 0.25) is 5.91 Å². The molecule has 1 aliphatic heterocycles. The molecular formula is C22H29N3O3. The summed E-state index contributed by atoms with van der Waals surface area (Å²) >= 11 is 0. The molecule has 1 unspecified atom stereocenters. The Bertz CT molecular complexity index is 901. The maximum absolute atomic E-state index is 12.9. The number of hydrogen-bond donors (Lipinski definition) is 0. The van der Waals surface area contributed by atoms with Crippen LogP contribution in [0.2, 0.25) is 0 Å². The quantitative estimate of drug-likeness (QED) is 0.743. The SMILES string of the molecule is COc1ccc2c(c1)CCN(C(=O)CC(C)n1nc(C)c(C(C)=O)c1C)CC2. The van der Waals surface area contributed by atoms with Gasteiger partial charge in [-0.1, -0.05) is 6.07 Å². The van der Waals surface area contributed by atoms with Gasteiger partial charge in [0, 0.05) is 25.2 Å². The van der Waals surface area contributed by atoms with E-state index in [2.05, 4.69) is 17.2 Å². The van der Waals surface area contributed by atoms with Crippen LogP contribution in [0, 0.1) is 13.8 Å². The van der Waals surface area contributed by atoms with Gasteiger partial charge in [-0.3, -0.25) is 14.3 Å². The third-order valence-corrected chi connectivity index (χ3v) is 5.63. The Morgan fingerprint density at radius 3 is 2.46 bits per heavy atom. The zero-order valence-electron chi connectivity index (χ0n) is 17.4. The van der Waals surface area contributed by atoms with Gasteiger partial charge in [-0.25, -0.2) is 0 Å². The molecule has 2 aromatic rings. The Morgan fingerprint density at radius 1 is 1.18 bits per heavy atom. The topological polar surface area (TPSA) is 64.4 Å². The number of rotatable bonds is 5. The number of benzene rings is 1. The van der Waals surface area contributed by atoms with E-state index in [1.807, 2.05) is 36.4 Å². The maximum Gasteiger partial charge on any atom is 0.224 e. The fourth-order valence-electron chi connectivity index (χ4n) is 4.15. The number of ether oxygens (including phenoxy) is 1. The first-order valence-corrected chi connectivity index (χ1v) is 9.82. The zero-order valence-corrected chi connectivity index (χ0v) is 17.4. The summed E-state index contributed by atoms with van der Waals surface area (Å²) in [6, 6.07) is 6.06. The van der Waals surface area contributed by atoms with E-state index >= 15 is 0 Å². The van der Waals surface area contributed by atoms with Crippen molar-refractivity contribution in [3.8, 4) is 5.75 Å². The van der Waals surface area contributed by atoms with Gasteiger partial charge in [-0.05, 0) is 63.8 Å². The summed E-state index contributed by atoms with van der Waals surface area (Å²) in [5.41, 5.74) is 4.77. The lowest BCUT2D eigenvalue weighted by Crippen LogP contribution is -2.34. The molecule has 0 aliphatic carbocycles. The van der Waals surface area contributed by atoms with Gasteiger partial charge < -0.3 is 9.64 Å². The first-order chi connectivity index (χ1) is 13.3. The lowest BCUT2D eigenvalue weighted by atomic mass is 10.0. The smallest absolute Gasteiger partial charge is 0.224 e. The first-order valence-electron chi connectivity index (χ1n) is 9.82. The highest BCUT2D eigenvalue weighted by atomic mass is 16.5. The number of methoxy groups -OCH3 is 1. The summed E-state index contributed by atoms with van der Waals surface area (Å²) in [6.07, 6.45) is 2.06. The summed E-state index contributed by atoms with van der Waals surface area (Å²) in [5.74, 6) is 1.00. The number of nitrogens with zero attached hydrogens (tertiary/aromatic N) is 3. The van der Waals surface area contributed by atoms with Crippen LogP contribution < -0.4 is 4.74 Å². The molecule has 1 atom stereocenters. The summed E-state index contributed by atoms with van der Waals surface area (Å²) in [4.78, 5) is 26.7. The van der Waals surface area contributed by atoms with Crippen LogP contribution in [-0.4, -0.2) is 46.6 Å². The molecule has 150 valence electrons. The van der Waals surface area contributed by atoms with Crippen LogP contribution in [-0.2, 0) is 17.6 Å². The number of aromatic nitrogens is 2. The van der Waals surface area contributed by atoms with Crippen molar-refractivity contribution in [2.75, 3.05) is 20.2 Å². The highest BCUT2D eigenvalue weighted by Gasteiger charge is 2.24. The van der Waals surface area contributed by atoms with Crippen molar-refractivity contribution in [3.05, 3.63) is 46.3 Å². The van der Waals surface area contributed by atoms with Crippen LogP contribution in [0.4, 0.5) is 0 Å². The number of amides is 1. The summed E-state index contributed by atoms with van der Waals surface area (Å²) in [5, 5.41) is 4.51. The van der Waals surface area contributed by atoms with E-state index in [0.717, 1.165) is 36.5 Å². The predicted molar refractivity (Wildman–Crippen MR) is 108 cm³/mol.